The average Bonchev–Trinajstić information content (AvgIpc) is 2.63. The molecule has 25 heavy (non-hydrogen) atoms. The zero-order valence-electron chi connectivity index (χ0n) is 14.2. The second-order valence-corrected chi connectivity index (χ2v) is 5.44. The first-order valence-electron chi connectivity index (χ1n) is 7.43. The molecule has 0 atom stereocenters. The fourth-order valence-electron chi connectivity index (χ4n) is 2.12. The standard InChI is InChI=1S/C18H19ClN2O4/c1-23-14-6-7-16(19)13(8-14)9-18(22)21-20-11-12-4-5-15(24-2)10-17(12)25-3/h4-8,10-11H,9H2,1-3H3,(H,21,22)/b20-11+. The Morgan fingerprint density at radius 2 is 1.76 bits per heavy atom. The molecule has 0 unspecified atom stereocenters. The number of halogens is 1. The van der Waals surface area contributed by atoms with Crippen LogP contribution in [-0.4, -0.2) is 33.5 Å². The molecule has 0 aliphatic rings. The second-order valence-electron chi connectivity index (χ2n) is 5.04. The summed E-state index contributed by atoms with van der Waals surface area (Å²) in [7, 11) is 4.68. The molecule has 0 bridgehead atoms. The Bertz CT molecular complexity index is 778. The molecule has 2 rings (SSSR count). The van der Waals surface area contributed by atoms with E-state index in [0.29, 0.717) is 33.4 Å². The summed E-state index contributed by atoms with van der Waals surface area (Å²) in [4.78, 5) is 12.0. The topological polar surface area (TPSA) is 69.2 Å². The summed E-state index contributed by atoms with van der Waals surface area (Å²) in [6.45, 7) is 0. The van der Waals surface area contributed by atoms with Crippen molar-refractivity contribution in [3.8, 4) is 17.2 Å². The van der Waals surface area contributed by atoms with E-state index in [1.165, 1.54) is 6.21 Å². The van der Waals surface area contributed by atoms with Crippen LogP contribution in [0, 0.1) is 0 Å². The van der Waals surface area contributed by atoms with Gasteiger partial charge in [-0.15, -0.1) is 0 Å². The van der Waals surface area contributed by atoms with Crippen LogP contribution >= 0.6 is 11.6 Å². The van der Waals surface area contributed by atoms with Crippen molar-refractivity contribution in [1.29, 1.82) is 0 Å². The molecule has 132 valence electrons. The summed E-state index contributed by atoms with van der Waals surface area (Å²) in [5.74, 6) is 1.61. The lowest BCUT2D eigenvalue weighted by atomic mass is 10.1. The smallest absolute Gasteiger partial charge is 0.244 e. The van der Waals surface area contributed by atoms with E-state index in [2.05, 4.69) is 10.5 Å². The summed E-state index contributed by atoms with van der Waals surface area (Å²) in [6.07, 6.45) is 1.59. The molecule has 0 spiro atoms. The molecule has 6 nitrogen and oxygen atoms in total. The summed E-state index contributed by atoms with van der Waals surface area (Å²) >= 11 is 6.09. The number of hydrogen-bond acceptors (Lipinski definition) is 5. The van der Waals surface area contributed by atoms with Crippen molar-refractivity contribution in [3.05, 3.63) is 52.5 Å². The predicted octanol–water partition coefficient (Wildman–Crippen LogP) is 3.06. The van der Waals surface area contributed by atoms with Crippen molar-refractivity contribution in [3.63, 3.8) is 0 Å². The van der Waals surface area contributed by atoms with Crippen LogP contribution in [0.5, 0.6) is 17.2 Å². The molecule has 0 radical (unpaired) electrons. The van der Waals surface area contributed by atoms with Crippen LogP contribution in [0.15, 0.2) is 41.5 Å². The van der Waals surface area contributed by atoms with Crippen LogP contribution in [-0.2, 0) is 11.2 Å². The molecule has 0 saturated heterocycles. The van der Waals surface area contributed by atoms with Gasteiger partial charge in [0.2, 0.25) is 5.91 Å². The van der Waals surface area contributed by atoms with Gasteiger partial charge in [-0.25, -0.2) is 5.43 Å². The largest absolute Gasteiger partial charge is 0.497 e. The monoisotopic (exact) mass is 362 g/mol. The highest BCUT2D eigenvalue weighted by Crippen LogP contribution is 2.23. The number of rotatable bonds is 7. The number of methoxy groups -OCH3 is 3. The molecule has 1 N–H and O–H groups in total. The third-order valence-electron chi connectivity index (χ3n) is 3.44. The van der Waals surface area contributed by atoms with E-state index in [9.17, 15) is 4.79 Å². The highest BCUT2D eigenvalue weighted by Gasteiger charge is 2.08. The van der Waals surface area contributed by atoms with Gasteiger partial charge in [0.15, 0.2) is 0 Å². The van der Waals surface area contributed by atoms with E-state index in [-0.39, 0.29) is 12.3 Å². The number of nitrogens with zero attached hydrogens (tertiary/aromatic N) is 1. The van der Waals surface area contributed by atoms with Crippen molar-refractivity contribution in [2.45, 2.75) is 6.42 Å². The van der Waals surface area contributed by atoms with Crippen LogP contribution in [0.4, 0.5) is 0 Å². The van der Waals surface area contributed by atoms with Crippen molar-refractivity contribution < 1.29 is 19.0 Å². The lowest BCUT2D eigenvalue weighted by Crippen LogP contribution is -2.20. The van der Waals surface area contributed by atoms with Gasteiger partial charge in [0, 0.05) is 16.7 Å². The van der Waals surface area contributed by atoms with Gasteiger partial charge in [-0.3, -0.25) is 4.79 Å². The third-order valence-corrected chi connectivity index (χ3v) is 3.81. The van der Waals surface area contributed by atoms with E-state index >= 15 is 0 Å². The maximum Gasteiger partial charge on any atom is 0.244 e. The molecule has 7 heteroatoms. The molecule has 2 aromatic rings. The summed E-state index contributed by atoms with van der Waals surface area (Å²) in [6, 6.07) is 10.4. The number of hydrazone groups is 1. The zero-order chi connectivity index (χ0) is 18.2. The molecule has 0 aromatic heterocycles. The van der Waals surface area contributed by atoms with E-state index in [1.54, 1.807) is 57.7 Å². The molecule has 0 aliphatic carbocycles. The van der Waals surface area contributed by atoms with Gasteiger partial charge in [-0.2, -0.15) is 5.10 Å². The lowest BCUT2D eigenvalue weighted by Gasteiger charge is -2.07. The Labute approximate surface area is 151 Å². The Morgan fingerprint density at radius 3 is 2.44 bits per heavy atom. The van der Waals surface area contributed by atoms with Crippen molar-refractivity contribution in [1.82, 2.24) is 5.43 Å². The fraction of sp³-hybridized carbons (Fsp3) is 0.222. The molecule has 0 aliphatic heterocycles. The van der Waals surface area contributed by atoms with Crippen molar-refractivity contribution in [2.24, 2.45) is 5.10 Å². The van der Waals surface area contributed by atoms with Crippen molar-refractivity contribution >= 4 is 23.7 Å². The van der Waals surface area contributed by atoms with E-state index < -0.39 is 0 Å². The number of amides is 1. The number of benzene rings is 2. The van der Waals surface area contributed by atoms with Gasteiger partial charge in [-0.1, -0.05) is 11.6 Å². The van der Waals surface area contributed by atoms with Gasteiger partial charge in [0.05, 0.1) is 34.0 Å². The summed E-state index contributed by atoms with van der Waals surface area (Å²) < 4.78 is 15.5. The number of nitrogens with one attached hydrogen (secondary N) is 1. The first-order valence-corrected chi connectivity index (χ1v) is 7.81. The normalized spacial score (nSPS) is 10.6. The highest BCUT2D eigenvalue weighted by atomic mass is 35.5. The molecule has 0 heterocycles. The molecular weight excluding hydrogens is 344 g/mol. The van der Waals surface area contributed by atoms with Crippen LogP contribution in [0.2, 0.25) is 5.02 Å². The van der Waals surface area contributed by atoms with Gasteiger partial charge in [0.1, 0.15) is 17.2 Å². The van der Waals surface area contributed by atoms with Gasteiger partial charge in [-0.05, 0) is 35.9 Å². The minimum Gasteiger partial charge on any atom is -0.497 e. The van der Waals surface area contributed by atoms with E-state index in [0.717, 1.165) is 0 Å². The molecular formula is C18H19ClN2O4. The van der Waals surface area contributed by atoms with Crippen molar-refractivity contribution in [2.75, 3.05) is 21.3 Å². The quantitative estimate of drug-likeness (QED) is 0.607. The first-order chi connectivity index (χ1) is 12.1. The minimum atomic E-state index is -0.293. The number of carbonyl (C=O) groups excluding carboxylic acids is 1. The second kappa shape index (κ2) is 8.94. The Balaban J connectivity index is 2.01. The number of carbonyl (C=O) groups is 1. The Morgan fingerprint density at radius 1 is 1.08 bits per heavy atom. The van der Waals surface area contributed by atoms with Crippen LogP contribution < -0.4 is 19.6 Å². The van der Waals surface area contributed by atoms with Crippen LogP contribution in [0.25, 0.3) is 0 Å². The Kier molecular flexibility index (Phi) is 6.65. The molecule has 1 amide bonds. The van der Waals surface area contributed by atoms with Crippen LogP contribution in [0.1, 0.15) is 11.1 Å². The number of hydrogen-bond donors (Lipinski definition) is 1. The molecule has 2 aromatic carbocycles. The van der Waals surface area contributed by atoms with Gasteiger partial charge < -0.3 is 14.2 Å². The molecule has 0 saturated carbocycles. The van der Waals surface area contributed by atoms with Gasteiger partial charge in [0.25, 0.3) is 0 Å². The summed E-state index contributed by atoms with van der Waals surface area (Å²) in [5, 5.41) is 4.45. The zero-order valence-corrected chi connectivity index (χ0v) is 15.0. The van der Waals surface area contributed by atoms with E-state index in [4.69, 9.17) is 25.8 Å². The lowest BCUT2D eigenvalue weighted by molar-refractivity contribution is -0.120. The SMILES string of the molecule is COc1ccc(Cl)c(CC(=O)N/N=C/c2ccc(OC)cc2OC)c1. The summed E-state index contributed by atoms with van der Waals surface area (Å²) in [5.41, 5.74) is 3.84. The van der Waals surface area contributed by atoms with E-state index in [1.807, 2.05) is 0 Å². The number of ether oxygens (including phenoxy) is 3. The minimum absolute atomic E-state index is 0.0904. The fourth-order valence-corrected chi connectivity index (χ4v) is 2.31. The maximum atomic E-state index is 12.0. The average molecular weight is 363 g/mol. The Hall–Kier alpha value is -2.73. The predicted molar refractivity (Wildman–Crippen MR) is 97.0 cm³/mol. The third kappa shape index (κ3) is 5.12. The van der Waals surface area contributed by atoms with Crippen LogP contribution in [0.3, 0.4) is 0 Å². The van der Waals surface area contributed by atoms with Gasteiger partial charge >= 0.3 is 0 Å². The first kappa shape index (κ1) is 18.6. The highest BCUT2D eigenvalue weighted by molar-refractivity contribution is 6.31. The maximum absolute atomic E-state index is 12.0. The molecule has 0 fully saturated rings.